The Hall–Kier alpha value is -1.35. The predicted octanol–water partition coefficient (Wildman–Crippen LogP) is 2.18. The highest BCUT2D eigenvalue weighted by Crippen LogP contribution is 2.10. The van der Waals surface area contributed by atoms with Gasteiger partial charge in [0.25, 0.3) is 0 Å². The smallest absolute Gasteiger partial charge is 0.217 e. The Morgan fingerprint density at radius 1 is 1.38 bits per heavy atom. The highest BCUT2D eigenvalue weighted by Gasteiger charge is 2.18. The van der Waals surface area contributed by atoms with Crippen LogP contribution in [0.4, 0.5) is 0 Å². The SMILES string of the molecule is CCCCNC1COC(c2ccccc2)=N1. The second kappa shape index (κ2) is 5.66. The molecule has 0 saturated heterocycles. The van der Waals surface area contributed by atoms with Gasteiger partial charge >= 0.3 is 0 Å². The molecule has 1 N–H and O–H groups in total. The number of aliphatic imine (C=N–C) groups is 1. The Labute approximate surface area is 96.5 Å². The molecule has 1 atom stereocenters. The second-order valence-electron chi connectivity index (χ2n) is 3.93. The minimum Gasteiger partial charge on any atom is -0.474 e. The van der Waals surface area contributed by atoms with Crippen molar-refractivity contribution in [3.8, 4) is 0 Å². The predicted molar refractivity (Wildman–Crippen MR) is 65.6 cm³/mol. The number of hydrogen-bond donors (Lipinski definition) is 1. The van der Waals surface area contributed by atoms with E-state index in [1.807, 2.05) is 30.3 Å². The van der Waals surface area contributed by atoms with Gasteiger partial charge in [0.05, 0.1) is 0 Å². The Morgan fingerprint density at radius 3 is 2.94 bits per heavy atom. The third kappa shape index (κ3) is 2.83. The summed E-state index contributed by atoms with van der Waals surface area (Å²) in [5.41, 5.74) is 1.06. The van der Waals surface area contributed by atoms with Crippen molar-refractivity contribution in [1.82, 2.24) is 5.32 Å². The van der Waals surface area contributed by atoms with Crippen LogP contribution in [-0.4, -0.2) is 25.2 Å². The van der Waals surface area contributed by atoms with Gasteiger partial charge in [0.1, 0.15) is 12.8 Å². The van der Waals surface area contributed by atoms with Gasteiger partial charge in [-0.3, -0.25) is 5.32 Å². The number of nitrogens with zero attached hydrogens (tertiary/aromatic N) is 1. The number of unbranched alkanes of at least 4 members (excludes halogenated alkanes) is 1. The first-order valence-electron chi connectivity index (χ1n) is 5.89. The molecule has 3 heteroatoms. The number of benzene rings is 1. The van der Waals surface area contributed by atoms with Crippen molar-refractivity contribution >= 4 is 5.90 Å². The maximum absolute atomic E-state index is 5.57. The summed E-state index contributed by atoms with van der Waals surface area (Å²) in [6, 6.07) is 10.0. The molecule has 0 aliphatic carbocycles. The van der Waals surface area contributed by atoms with E-state index in [1.54, 1.807) is 0 Å². The molecule has 16 heavy (non-hydrogen) atoms. The van der Waals surface area contributed by atoms with E-state index < -0.39 is 0 Å². The summed E-state index contributed by atoms with van der Waals surface area (Å²) < 4.78 is 5.57. The largest absolute Gasteiger partial charge is 0.474 e. The molecule has 1 aromatic rings. The lowest BCUT2D eigenvalue weighted by molar-refractivity contribution is 0.298. The average molecular weight is 218 g/mol. The normalized spacial score (nSPS) is 19.3. The first-order valence-corrected chi connectivity index (χ1v) is 5.89. The van der Waals surface area contributed by atoms with Gasteiger partial charge in [0, 0.05) is 5.56 Å². The minimum atomic E-state index is 0.127. The van der Waals surface area contributed by atoms with E-state index in [2.05, 4.69) is 17.2 Å². The molecule has 0 fully saturated rings. The summed E-state index contributed by atoms with van der Waals surface area (Å²) in [7, 11) is 0. The summed E-state index contributed by atoms with van der Waals surface area (Å²) in [6.45, 7) is 3.84. The molecule has 0 aromatic heterocycles. The Balaban J connectivity index is 1.91. The molecule has 0 spiro atoms. The summed E-state index contributed by atoms with van der Waals surface area (Å²) in [4.78, 5) is 4.51. The number of nitrogens with one attached hydrogen (secondary N) is 1. The molecular formula is C13H18N2O. The third-order valence-electron chi connectivity index (χ3n) is 2.58. The van der Waals surface area contributed by atoms with Crippen LogP contribution in [-0.2, 0) is 4.74 Å². The Bertz CT molecular complexity index is 348. The van der Waals surface area contributed by atoms with Crippen molar-refractivity contribution in [1.29, 1.82) is 0 Å². The van der Waals surface area contributed by atoms with Crippen molar-refractivity contribution in [2.45, 2.75) is 25.9 Å². The molecule has 1 aromatic carbocycles. The molecule has 0 radical (unpaired) electrons. The molecule has 1 aliphatic heterocycles. The molecule has 2 rings (SSSR count). The molecule has 1 aliphatic rings. The molecule has 0 amide bonds. The fraction of sp³-hybridized carbons (Fsp3) is 0.462. The van der Waals surface area contributed by atoms with E-state index in [0.29, 0.717) is 6.61 Å². The van der Waals surface area contributed by atoms with Gasteiger partial charge in [0.2, 0.25) is 5.90 Å². The van der Waals surface area contributed by atoms with Gasteiger partial charge in [-0.2, -0.15) is 0 Å². The number of hydrogen-bond acceptors (Lipinski definition) is 3. The molecule has 0 saturated carbocycles. The van der Waals surface area contributed by atoms with E-state index in [0.717, 1.165) is 18.0 Å². The van der Waals surface area contributed by atoms with Crippen molar-refractivity contribution in [2.24, 2.45) is 4.99 Å². The van der Waals surface area contributed by atoms with Crippen molar-refractivity contribution < 1.29 is 4.74 Å². The van der Waals surface area contributed by atoms with Gasteiger partial charge in [-0.25, -0.2) is 4.99 Å². The molecule has 0 bridgehead atoms. The number of ether oxygens (including phenoxy) is 1. The maximum Gasteiger partial charge on any atom is 0.217 e. The zero-order valence-corrected chi connectivity index (χ0v) is 9.65. The molecular weight excluding hydrogens is 200 g/mol. The minimum absolute atomic E-state index is 0.127. The molecule has 1 heterocycles. The van der Waals surface area contributed by atoms with Crippen LogP contribution in [0.2, 0.25) is 0 Å². The van der Waals surface area contributed by atoms with Crippen molar-refractivity contribution in [3.05, 3.63) is 35.9 Å². The first kappa shape index (κ1) is 11.1. The standard InChI is InChI=1S/C13H18N2O/c1-2-3-9-14-12-10-16-13(15-12)11-7-5-4-6-8-11/h4-8,12,14H,2-3,9-10H2,1H3. The lowest BCUT2D eigenvalue weighted by atomic mass is 10.2. The number of rotatable bonds is 5. The Kier molecular flexibility index (Phi) is 3.94. The lowest BCUT2D eigenvalue weighted by Crippen LogP contribution is -2.29. The van der Waals surface area contributed by atoms with Crippen LogP contribution >= 0.6 is 0 Å². The van der Waals surface area contributed by atoms with Gasteiger partial charge in [-0.1, -0.05) is 31.5 Å². The highest BCUT2D eigenvalue weighted by molar-refractivity contribution is 5.95. The van der Waals surface area contributed by atoms with Crippen molar-refractivity contribution in [3.63, 3.8) is 0 Å². The Morgan fingerprint density at radius 2 is 2.19 bits per heavy atom. The van der Waals surface area contributed by atoms with Crippen LogP contribution < -0.4 is 5.32 Å². The van der Waals surface area contributed by atoms with E-state index in [4.69, 9.17) is 4.74 Å². The van der Waals surface area contributed by atoms with Gasteiger partial charge in [-0.05, 0) is 25.1 Å². The fourth-order valence-corrected chi connectivity index (χ4v) is 1.66. The first-order chi connectivity index (χ1) is 7.90. The van der Waals surface area contributed by atoms with Gasteiger partial charge in [-0.15, -0.1) is 0 Å². The van der Waals surface area contributed by atoms with E-state index in [1.165, 1.54) is 12.8 Å². The van der Waals surface area contributed by atoms with Crippen LogP contribution in [0.3, 0.4) is 0 Å². The summed E-state index contributed by atoms with van der Waals surface area (Å²) in [5.74, 6) is 0.759. The van der Waals surface area contributed by atoms with E-state index in [9.17, 15) is 0 Å². The molecule has 1 unspecified atom stereocenters. The van der Waals surface area contributed by atoms with Gasteiger partial charge in [0.15, 0.2) is 0 Å². The monoisotopic (exact) mass is 218 g/mol. The summed E-state index contributed by atoms with van der Waals surface area (Å²) in [6.07, 6.45) is 2.52. The van der Waals surface area contributed by atoms with E-state index in [-0.39, 0.29) is 6.17 Å². The quantitative estimate of drug-likeness (QED) is 0.768. The topological polar surface area (TPSA) is 33.6 Å². The van der Waals surface area contributed by atoms with Crippen LogP contribution in [0.25, 0.3) is 0 Å². The maximum atomic E-state index is 5.57. The van der Waals surface area contributed by atoms with Crippen LogP contribution in [0, 0.1) is 0 Å². The third-order valence-corrected chi connectivity index (χ3v) is 2.58. The fourth-order valence-electron chi connectivity index (χ4n) is 1.66. The highest BCUT2D eigenvalue weighted by atomic mass is 16.5. The summed E-state index contributed by atoms with van der Waals surface area (Å²) in [5, 5.41) is 3.37. The lowest BCUT2D eigenvalue weighted by Gasteiger charge is -2.05. The molecule has 86 valence electrons. The van der Waals surface area contributed by atoms with Crippen LogP contribution in [0.1, 0.15) is 25.3 Å². The molecule has 3 nitrogen and oxygen atoms in total. The average Bonchev–Trinajstić information content (AvgIpc) is 2.79. The van der Waals surface area contributed by atoms with Gasteiger partial charge < -0.3 is 4.74 Å². The summed E-state index contributed by atoms with van der Waals surface area (Å²) >= 11 is 0. The second-order valence-corrected chi connectivity index (χ2v) is 3.93. The zero-order valence-electron chi connectivity index (χ0n) is 9.65. The van der Waals surface area contributed by atoms with E-state index >= 15 is 0 Å². The zero-order chi connectivity index (χ0) is 11.2. The van der Waals surface area contributed by atoms with Crippen LogP contribution in [0.5, 0.6) is 0 Å². The van der Waals surface area contributed by atoms with Crippen LogP contribution in [0.15, 0.2) is 35.3 Å². The van der Waals surface area contributed by atoms with Crippen molar-refractivity contribution in [2.75, 3.05) is 13.2 Å².